The third-order valence-electron chi connectivity index (χ3n) is 4.01. The normalized spacial score (nSPS) is 20.6. The molecule has 1 aromatic heterocycles. The van der Waals surface area contributed by atoms with Crippen LogP contribution in [0.3, 0.4) is 0 Å². The van der Waals surface area contributed by atoms with Gasteiger partial charge >= 0.3 is 7.12 Å². The minimum Gasteiger partial charge on any atom is -0.400 e. The Morgan fingerprint density at radius 3 is 2.48 bits per heavy atom. The number of carbonyl (C=O) groups is 1. The molecule has 0 atom stereocenters. The van der Waals surface area contributed by atoms with Crippen LogP contribution in [0.5, 0.6) is 0 Å². The molecule has 2 heterocycles. The Bertz CT molecular complexity index is 553. The van der Waals surface area contributed by atoms with Gasteiger partial charge in [-0.1, -0.05) is 0 Å². The Kier molecular flexibility index (Phi) is 4.32. The lowest BCUT2D eigenvalue weighted by Gasteiger charge is -2.32. The van der Waals surface area contributed by atoms with Gasteiger partial charge in [0.2, 0.25) is 0 Å². The second-order valence-electron chi connectivity index (χ2n) is 6.10. The van der Waals surface area contributed by atoms with Gasteiger partial charge in [-0.3, -0.25) is 9.78 Å². The molecule has 0 bridgehead atoms. The molecule has 0 radical (unpaired) electrons. The first kappa shape index (κ1) is 15.9. The summed E-state index contributed by atoms with van der Waals surface area (Å²) in [6, 6.07) is 3.27. The molecule has 0 unspecified atom stereocenters. The molecule has 1 aliphatic heterocycles. The van der Waals surface area contributed by atoms with Crippen molar-refractivity contribution >= 4 is 19.5 Å². The molecule has 21 heavy (non-hydrogen) atoms. The second-order valence-corrected chi connectivity index (χ2v) is 6.10. The van der Waals surface area contributed by atoms with Crippen LogP contribution in [0.4, 0.5) is 0 Å². The van der Waals surface area contributed by atoms with Crippen LogP contribution < -0.4 is 0 Å². The number of carbonyl (C=O) groups excluding carboxylic acids is 1. The highest BCUT2D eigenvalue weighted by Gasteiger charge is 2.52. The molecule has 0 spiro atoms. The van der Waals surface area contributed by atoms with Crippen LogP contribution in [0, 0.1) is 0 Å². The van der Waals surface area contributed by atoms with Crippen LogP contribution >= 0.6 is 0 Å². The Balaban J connectivity index is 2.28. The summed E-state index contributed by atoms with van der Waals surface area (Å²) in [6.07, 6.45) is 4.00. The third kappa shape index (κ3) is 3.23. The van der Waals surface area contributed by atoms with E-state index in [1.54, 1.807) is 24.4 Å². The topological polar surface area (TPSA) is 68.7 Å². The molecule has 1 saturated heterocycles. The van der Waals surface area contributed by atoms with E-state index in [-0.39, 0.29) is 6.61 Å². The summed E-state index contributed by atoms with van der Waals surface area (Å²) in [6.45, 7) is 7.60. The van der Waals surface area contributed by atoms with E-state index >= 15 is 0 Å². The van der Waals surface area contributed by atoms with Gasteiger partial charge in [0.1, 0.15) is 6.29 Å². The smallest absolute Gasteiger partial charge is 0.400 e. The van der Waals surface area contributed by atoms with E-state index in [4.69, 9.17) is 9.31 Å². The maximum absolute atomic E-state index is 10.8. The zero-order chi connectivity index (χ0) is 15.7. The van der Waals surface area contributed by atoms with Crippen molar-refractivity contribution in [1.29, 1.82) is 0 Å². The van der Waals surface area contributed by atoms with Crippen molar-refractivity contribution in [2.75, 3.05) is 6.61 Å². The van der Waals surface area contributed by atoms with Crippen molar-refractivity contribution in [2.45, 2.75) is 38.9 Å². The van der Waals surface area contributed by atoms with Crippen molar-refractivity contribution in [3.63, 3.8) is 0 Å². The first-order valence-corrected chi connectivity index (χ1v) is 6.87. The van der Waals surface area contributed by atoms with Crippen molar-refractivity contribution in [1.82, 2.24) is 4.98 Å². The number of rotatable bonds is 4. The molecule has 1 fully saturated rings. The molecule has 0 aromatic carbocycles. The second kappa shape index (κ2) is 5.71. The van der Waals surface area contributed by atoms with E-state index in [0.29, 0.717) is 16.7 Å². The highest BCUT2D eigenvalue weighted by molar-refractivity contribution is 6.55. The maximum atomic E-state index is 10.8. The largest absolute Gasteiger partial charge is 0.492 e. The predicted octanol–water partition coefficient (Wildman–Crippen LogP) is 1.90. The Morgan fingerprint density at radius 1 is 1.33 bits per heavy atom. The van der Waals surface area contributed by atoms with Crippen LogP contribution in [0.1, 0.15) is 43.7 Å². The highest BCUT2D eigenvalue weighted by Crippen LogP contribution is 2.38. The standard InChI is InChI=1S/C15H20BNO4/c1-14(2)15(3,4)21-16(20-14)12(10-19)8-13-7-11(9-18)5-6-17-13/h5-9,19H,10H2,1-4H3. The van der Waals surface area contributed by atoms with Gasteiger partial charge in [0.15, 0.2) is 0 Å². The van der Waals surface area contributed by atoms with Gasteiger partial charge in [-0.2, -0.15) is 0 Å². The minimum atomic E-state index is -0.623. The molecular weight excluding hydrogens is 269 g/mol. The van der Waals surface area contributed by atoms with E-state index in [1.807, 2.05) is 27.7 Å². The summed E-state index contributed by atoms with van der Waals surface area (Å²) in [5.41, 5.74) is 0.749. The number of pyridine rings is 1. The van der Waals surface area contributed by atoms with E-state index < -0.39 is 18.3 Å². The van der Waals surface area contributed by atoms with E-state index in [9.17, 15) is 9.90 Å². The number of aliphatic hydroxyl groups is 1. The number of aromatic nitrogens is 1. The van der Waals surface area contributed by atoms with Crippen LogP contribution in [0.2, 0.25) is 0 Å². The zero-order valence-electron chi connectivity index (χ0n) is 12.8. The van der Waals surface area contributed by atoms with Crippen molar-refractivity contribution < 1.29 is 19.2 Å². The average Bonchev–Trinajstić information content (AvgIpc) is 2.65. The van der Waals surface area contributed by atoms with E-state index in [1.165, 1.54) is 0 Å². The summed E-state index contributed by atoms with van der Waals surface area (Å²) < 4.78 is 11.8. The fraction of sp³-hybridized carbons (Fsp3) is 0.467. The van der Waals surface area contributed by atoms with E-state index in [2.05, 4.69) is 4.98 Å². The third-order valence-corrected chi connectivity index (χ3v) is 4.01. The molecule has 1 aliphatic rings. The lowest BCUT2D eigenvalue weighted by atomic mass is 9.78. The molecular formula is C15H20BNO4. The minimum absolute atomic E-state index is 0.205. The summed E-state index contributed by atoms with van der Waals surface area (Å²) in [5, 5.41) is 9.59. The predicted molar refractivity (Wildman–Crippen MR) is 80.8 cm³/mol. The number of hydrogen-bond acceptors (Lipinski definition) is 5. The SMILES string of the molecule is CC1(C)OB(C(=Cc2cc(C=O)ccn2)CO)OC1(C)C. The molecule has 5 nitrogen and oxygen atoms in total. The zero-order valence-corrected chi connectivity index (χ0v) is 12.8. The van der Waals surface area contributed by atoms with Gasteiger partial charge in [-0.25, -0.2) is 0 Å². The number of nitrogens with zero attached hydrogens (tertiary/aromatic N) is 1. The van der Waals surface area contributed by atoms with Crippen molar-refractivity contribution in [3.05, 3.63) is 35.1 Å². The van der Waals surface area contributed by atoms with Crippen LogP contribution in [0.15, 0.2) is 23.8 Å². The lowest BCUT2D eigenvalue weighted by Crippen LogP contribution is -2.41. The summed E-state index contributed by atoms with van der Waals surface area (Å²) in [7, 11) is -0.623. The van der Waals surface area contributed by atoms with Crippen LogP contribution in [-0.4, -0.2) is 41.3 Å². The lowest BCUT2D eigenvalue weighted by molar-refractivity contribution is 0.00578. The van der Waals surface area contributed by atoms with Gasteiger partial charge in [-0.15, -0.1) is 0 Å². The summed E-state index contributed by atoms with van der Waals surface area (Å²) in [5.74, 6) is 0. The van der Waals surface area contributed by atoms with Crippen LogP contribution in [0.25, 0.3) is 6.08 Å². The molecule has 1 aromatic rings. The average molecular weight is 289 g/mol. The van der Waals surface area contributed by atoms with Gasteiger partial charge in [-0.05, 0) is 51.4 Å². The van der Waals surface area contributed by atoms with Crippen molar-refractivity contribution in [2.24, 2.45) is 0 Å². The Morgan fingerprint density at radius 2 is 1.95 bits per heavy atom. The molecule has 6 heteroatoms. The molecule has 2 rings (SSSR count). The van der Waals surface area contributed by atoms with Gasteiger partial charge in [0, 0.05) is 11.8 Å². The fourth-order valence-electron chi connectivity index (χ4n) is 1.99. The quantitative estimate of drug-likeness (QED) is 0.677. The van der Waals surface area contributed by atoms with Gasteiger partial charge in [0.05, 0.1) is 23.5 Å². The molecule has 0 saturated carbocycles. The first-order chi connectivity index (χ1) is 9.79. The van der Waals surface area contributed by atoms with Crippen LogP contribution in [-0.2, 0) is 9.31 Å². The van der Waals surface area contributed by atoms with E-state index in [0.717, 1.165) is 6.29 Å². The Labute approximate surface area is 125 Å². The number of hydrogen-bond donors (Lipinski definition) is 1. The van der Waals surface area contributed by atoms with Gasteiger partial charge < -0.3 is 14.4 Å². The molecule has 112 valence electrons. The number of aliphatic hydroxyl groups excluding tert-OH is 1. The fourth-order valence-corrected chi connectivity index (χ4v) is 1.99. The molecule has 1 N–H and O–H groups in total. The van der Waals surface area contributed by atoms with Crippen molar-refractivity contribution in [3.8, 4) is 0 Å². The highest BCUT2D eigenvalue weighted by atomic mass is 16.7. The first-order valence-electron chi connectivity index (χ1n) is 6.87. The molecule has 0 aliphatic carbocycles. The Hall–Kier alpha value is -1.50. The summed E-state index contributed by atoms with van der Waals surface area (Å²) in [4.78, 5) is 15.0. The van der Waals surface area contributed by atoms with Gasteiger partial charge in [0.25, 0.3) is 0 Å². The monoisotopic (exact) mass is 289 g/mol. The number of aldehydes is 1. The maximum Gasteiger partial charge on any atom is 0.492 e. The summed E-state index contributed by atoms with van der Waals surface area (Å²) >= 11 is 0. The molecule has 0 amide bonds.